The molecule has 17 heavy (non-hydrogen) atoms. The second-order valence-corrected chi connectivity index (χ2v) is 5.81. The molecule has 0 saturated carbocycles. The van der Waals surface area contributed by atoms with Crippen molar-refractivity contribution in [3.63, 3.8) is 0 Å². The molecule has 1 aliphatic carbocycles. The molecule has 2 atom stereocenters. The second kappa shape index (κ2) is 6.41. The van der Waals surface area contributed by atoms with Gasteiger partial charge >= 0.3 is 0 Å². The van der Waals surface area contributed by atoms with E-state index >= 15 is 0 Å². The van der Waals surface area contributed by atoms with E-state index in [1.54, 1.807) is 0 Å². The number of nitrogens with zero attached hydrogens (tertiary/aromatic N) is 1. The van der Waals surface area contributed by atoms with E-state index in [1.807, 2.05) is 6.20 Å². The zero-order chi connectivity index (χ0) is 12.1. The van der Waals surface area contributed by atoms with Crippen LogP contribution in [0.4, 0.5) is 0 Å². The van der Waals surface area contributed by atoms with E-state index in [4.69, 9.17) is 0 Å². The zero-order valence-electron chi connectivity index (χ0n) is 10.8. The van der Waals surface area contributed by atoms with Gasteiger partial charge < -0.3 is 5.32 Å². The van der Waals surface area contributed by atoms with Gasteiger partial charge in [-0.1, -0.05) is 13.0 Å². The van der Waals surface area contributed by atoms with Crippen LogP contribution >= 0.6 is 11.8 Å². The van der Waals surface area contributed by atoms with Crippen molar-refractivity contribution in [2.75, 3.05) is 18.6 Å². The summed E-state index contributed by atoms with van der Waals surface area (Å²) in [5.74, 6) is 3.07. The molecule has 2 unspecified atom stereocenters. The molecule has 1 heterocycles. The molecule has 1 aromatic heterocycles. The van der Waals surface area contributed by atoms with Crippen LogP contribution in [0.5, 0.6) is 0 Å². The Morgan fingerprint density at radius 1 is 1.59 bits per heavy atom. The predicted octanol–water partition coefficient (Wildman–Crippen LogP) is 2.84. The van der Waals surface area contributed by atoms with Crippen molar-refractivity contribution in [1.29, 1.82) is 0 Å². The molecule has 0 fully saturated rings. The van der Waals surface area contributed by atoms with Crippen LogP contribution in [0.3, 0.4) is 0 Å². The van der Waals surface area contributed by atoms with Crippen LogP contribution in [0.1, 0.15) is 36.9 Å². The van der Waals surface area contributed by atoms with E-state index in [9.17, 15) is 0 Å². The van der Waals surface area contributed by atoms with Crippen LogP contribution in [0.25, 0.3) is 0 Å². The van der Waals surface area contributed by atoms with Gasteiger partial charge in [-0.3, -0.25) is 4.98 Å². The highest BCUT2D eigenvalue weighted by Gasteiger charge is 2.29. The molecule has 94 valence electrons. The van der Waals surface area contributed by atoms with Crippen molar-refractivity contribution >= 4 is 11.8 Å². The van der Waals surface area contributed by atoms with E-state index in [1.165, 1.54) is 42.0 Å². The Kier molecular flexibility index (Phi) is 4.86. The summed E-state index contributed by atoms with van der Waals surface area (Å²) in [6.07, 6.45) is 5.65. The third-order valence-electron chi connectivity index (χ3n) is 3.50. The Labute approximate surface area is 109 Å². The fourth-order valence-electron chi connectivity index (χ4n) is 2.59. The summed E-state index contributed by atoms with van der Waals surface area (Å²) in [5, 5.41) is 3.48. The van der Waals surface area contributed by atoms with Gasteiger partial charge in [0.25, 0.3) is 0 Å². The number of thioether (sulfide) groups is 1. The Hall–Kier alpha value is -0.540. The van der Waals surface area contributed by atoms with Crippen molar-refractivity contribution in [2.45, 2.75) is 38.1 Å². The fraction of sp³-hybridized carbons (Fsp3) is 0.643. The Morgan fingerprint density at radius 3 is 3.24 bits per heavy atom. The smallest absolute Gasteiger partial charge is 0.0482 e. The zero-order valence-corrected chi connectivity index (χ0v) is 11.6. The topological polar surface area (TPSA) is 24.9 Å². The SMILES string of the molecule is CCCSCC(NC)C1CCc2cccnc21. The molecule has 1 aromatic rings. The molecular formula is C14H22N2S. The first-order chi connectivity index (χ1) is 8.36. The van der Waals surface area contributed by atoms with Gasteiger partial charge in [-0.15, -0.1) is 0 Å². The maximum absolute atomic E-state index is 4.59. The second-order valence-electron chi connectivity index (χ2n) is 4.66. The number of likely N-dealkylation sites (N-methyl/N-ethyl adjacent to an activating group) is 1. The van der Waals surface area contributed by atoms with Crippen molar-refractivity contribution in [3.8, 4) is 0 Å². The van der Waals surface area contributed by atoms with E-state index in [0.717, 1.165) is 0 Å². The quantitative estimate of drug-likeness (QED) is 0.786. The van der Waals surface area contributed by atoms with E-state index in [0.29, 0.717) is 12.0 Å². The molecule has 0 saturated heterocycles. The molecule has 0 radical (unpaired) electrons. The van der Waals surface area contributed by atoms with E-state index in [-0.39, 0.29) is 0 Å². The average Bonchev–Trinajstić information content (AvgIpc) is 2.79. The third kappa shape index (κ3) is 3.02. The minimum Gasteiger partial charge on any atom is -0.316 e. The van der Waals surface area contributed by atoms with Gasteiger partial charge in [-0.2, -0.15) is 11.8 Å². The molecule has 0 amide bonds. The molecule has 2 nitrogen and oxygen atoms in total. The van der Waals surface area contributed by atoms with Crippen LogP contribution in [0.15, 0.2) is 18.3 Å². The molecular weight excluding hydrogens is 228 g/mol. The molecule has 0 aliphatic heterocycles. The molecule has 0 bridgehead atoms. The van der Waals surface area contributed by atoms with Crippen LogP contribution < -0.4 is 5.32 Å². The monoisotopic (exact) mass is 250 g/mol. The van der Waals surface area contributed by atoms with E-state index in [2.05, 4.69) is 48.2 Å². The number of hydrogen-bond donors (Lipinski definition) is 1. The maximum Gasteiger partial charge on any atom is 0.0482 e. The van der Waals surface area contributed by atoms with Crippen molar-refractivity contribution in [1.82, 2.24) is 10.3 Å². The van der Waals surface area contributed by atoms with E-state index < -0.39 is 0 Å². The van der Waals surface area contributed by atoms with Crippen LogP contribution in [-0.2, 0) is 6.42 Å². The first-order valence-electron chi connectivity index (χ1n) is 6.55. The maximum atomic E-state index is 4.59. The highest BCUT2D eigenvalue weighted by atomic mass is 32.2. The van der Waals surface area contributed by atoms with Crippen LogP contribution in [-0.4, -0.2) is 29.6 Å². The Bertz CT molecular complexity index is 354. The number of pyridine rings is 1. The fourth-order valence-corrected chi connectivity index (χ4v) is 3.70. The summed E-state index contributed by atoms with van der Waals surface area (Å²) in [6.45, 7) is 2.24. The van der Waals surface area contributed by atoms with Gasteiger partial charge in [0.2, 0.25) is 0 Å². The highest BCUT2D eigenvalue weighted by molar-refractivity contribution is 7.99. The Morgan fingerprint density at radius 2 is 2.47 bits per heavy atom. The molecule has 3 heteroatoms. The Balaban J connectivity index is 2.01. The van der Waals surface area contributed by atoms with Gasteiger partial charge in [0.1, 0.15) is 0 Å². The first-order valence-corrected chi connectivity index (χ1v) is 7.71. The summed E-state index contributed by atoms with van der Waals surface area (Å²) in [5.41, 5.74) is 2.79. The molecule has 1 N–H and O–H groups in total. The van der Waals surface area contributed by atoms with Crippen molar-refractivity contribution in [3.05, 3.63) is 29.6 Å². The summed E-state index contributed by atoms with van der Waals surface area (Å²) in [7, 11) is 2.08. The number of aromatic nitrogens is 1. The standard InChI is InChI=1S/C14H22N2S/c1-3-9-17-10-13(15-2)12-7-6-11-5-4-8-16-14(11)12/h4-5,8,12-13,15H,3,6-7,9-10H2,1-2H3. The van der Waals surface area contributed by atoms with Gasteiger partial charge in [-0.05, 0) is 43.7 Å². The van der Waals surface area contributed by atoms with Crippen molar-refractivity contribution < 1.29 is 0 Å². The largest absolute Gasteiger partial charge is 0.316 e. The molecule has 0 aromatic carbocycles. The lowest BCUT2D eigenvalue weighted by atomic mass is 9.98. The normalized spacial score (nSPS) is 20.2. The lowest BCUT2D eigenvalue weighted by molar-refractivity contribution is 0.491. The first kappa shape index (κ1) is 12.9. The van der Waals surface area contributed by atoms with Crippen LogP contribution in [0.2, 0.25) is 0 Å². The van der Waals surface area contributed by atoms with Gasteiger partial charge in [-0.25, -0.2) is 0 Å². The lowest BCUT2D eigenvalue weighted by Gasteiger charge is -2.23. The number of aryl methyl sites for hydroxylation is 1. The number of fused-ring (bicyclic) bond motifs is 1. The predicted molar refractivity (Wildman–Crippen MR) is 75.8 cm³/mol. The number of nitrogens with one attached hydrogen (secondary N) is 1. The van der Waals surface area contributed by atoms with Crippen LogP contribution in [0, 0.1) is 0 Å². The van der Waals surface area contributed by atoms with Gasteiger partial charge in [0, 0.05) is 29.6 Å². The summed E-state index contributed by atoms with van der Waals surface area (Å²) < 4.78 is 0. The summed E-state index contributed by atoms with van der Waals surface area (Å²) in [4.78, 5) is 4.59. The highest BCUT2D eigenvalue weighted by Crippen LogP contribution is 2.34. The molecule has 1 aliphatic rings. The van der Waals surface area contributed by atoms with Crippen molar-refractivity contribution in [2.24, 2.45) is 0 Å². The summed E-state index contributed by atoms with van der Waals surface area (Å²) >= 11 is 2.06. The minimum atomic E-state index is 0.572. The third-order valence-corrected chi connectivity index (χ3v) is 4.80. The van der Waals surface area contributed by atoms with Gasteiger partial charge in [0.05, 0.1) is 0 Å². The average molecular weight is 250 g/mol. The number of rotatable bonds is 6. The number of hydrogen-bond acceptors (Lipinski definition) is 3. The molecule has 2 rings (SSSR count). The minimum absolute atomic E-state index is 0.572. The van der Waals surface area contributed by atoms with Gasteiger partial charge in [0.15, 0.2) is 0 Å². The summed E-state index contributed by atoms with van der Waals surface area (Å²) in [6, 6.07) is 4.86. The lowest BCUT2D eigenvalue weighted by Crippen LogP contribution is -2.34. The molecule has 0 spiro atoms.